The summed E-state index contributed by atoms with van der Waals surface area (Å²) in [5.41, 5.74) is 2.38. The third kappa shape index (κ3) is 3.96. The number of aromatic nitrogens is 1. The first kappa shape index (κ1) is 13.8. The van der Waals surface area contributed by atoms with E-state index in [1.165, 1.54) is 6.92 Å². The molecule has 3 nitrogen and oxygen atoms in total. The largest absolute Gasteiger partial charge is 0.443 e. The van der Waals surface area contributed by atoms with E-state index < -0.39 is 6.10 Å². The second-order valence-corrected chi connectivity index (χ2v) is 4.33. The van der Waals surface area contributed by atoms with Crippen molar-refractivity contribution < 1.29 is 9.53 Å². The molecule has 0 N–H and O–H groups in total. The molecule has 1 heterocycles. The standard InChI is InChI=1S/C17H15NO2/c1-13-7-6-10-16(18-13)17(20-14(2)19)12-11-15-8-4-3-5-9-15/h3-10,17H,1-2H3. The molecular formula is C17H15NO2. The Morgan fingerprint density at radius 3 is 2.55 bits per heavy atom. The number of hydrogen-bond donors (Lipinski definition) is 0. The Bertz CT molecular complexity index is 653. The first-order chi connectivity index (χ1) is 9.65. The van der Waals surface area contributed by atoms with Crippen LogP contribution in [0, 0.1) is 18.8 Å². The maximum Gasteiger partial charge on any atom is 0.304 e. The number of pyridine rings is 1. The highest BCUT2D eigenvalue weighted by Crippen LogP contribution is 2.15. The Labute approximate surface area is 118 Å². The molecule has 0 aliphatic heterocycles. The molecule has 0 aliphatic carbocycles. The molecule has 0 bridgehead atoms. The molecule has 2 aromatic rings. The van der Waals surface area contributed by atoms with Crippen LogP contribution in [0.4, 0.5) is 0 Å². The molecule has 1 unspecified atom stereocenters. The Morgan fingerprint density at radius 1 is 1.15 bits per heavy atom. The van der Waals surface area contributed by atoms with E-state index >= 15 is 0 Å². The van der Waals surface area contributed by atoms with Gasteiger partial charge in [0, 0.05) is 18.2 Å². The number of benzene rings is 1. The van der Waals surface area contributed by atoms with Crippen molar-refractivity contribution in [2.75, 3.05) is 0 Å². The van der Waals surface area contributed by atoms with Crippen LogP contribution >= 0.6 is 0 Å². The Morgan fingerprint density at radius 2 is 1.90 bits per heavy atom. The first-order valence-electron chi connectivity index (χ1n) is 6.32. The van der Waals surface area contributed by atoms with Crippen LogP contribution in [-0.2, 0) is 9.53 Å². The Balaban J connectivity index is 2.29. The molecule has 1 aromatic carbocycles. The fourth-order valence-corrected chi connectivity index (χ4v) is 1.71. The monoisotopic (exact) mass is 265 g/mol. The summed E-state index contributed by atoms with van der Waals surface area (Å²) in [7, 11) is 0. The quantitative estimate of drug-likeness (QED) is 0.619. The number of esters is 1. The first-order valence-corrected chi connectivity index (χ1v) is 6.32. The van der Waals surface area contributed by atoms with Crippen LogP contribution in [0.2, 0.25) is 0 Å². The zero-order valence-corrected chi connectivity index (χ0v) is 11.5. The van der Waals surface area contributed by atoms with E-state index in [-0.39, 0.29) is 5.97 Å². The van der Waals surface area contributed by atoms with Gasteiger partial charge in [-0.3, -0.25) is 9.78 Å². The summed E-state index contributed by atoms with van der Waals surface area (Å²) >= 11 is 0. The summed E-state index contributed by atoms with van der Waals surface area (Å²) in [6.45, 7) is 3.26. The number of rotatable bonds is 2. The summed E-state index contributed by atoms with van der Waals surface area (Å²) in [5.74, 6) is 5.58. The van der Waals surface area contributed by atoms with E-state index in [9.17, 15) is 4.79 Å². The number of carbonyl (C=O) groups is 1. The molecule has 0 saturated carbocycles. The average molecular weight is 265 g/mol. The fourth-order valence-electron chi connectivity index (χ4n) is 1.71. The van der Waals surface area contributed by atoms with Gasteiger partial charge in [-0.25, -0.2) is 0 Å². The van der Waals surface area contributed by atoms with Crippen LogP contribution < -0.4 is 0 Å². The minimum Gasteiger partial charge on any atom is -0.443 e. The third-order valence-electron chi connectivity index (χ3n) is 2.58. The summed E-state index contributed by atoms with van der Waals surface area (Å²) in [4.78, 5) is 15.6. The molecule has 0 saturated heterocycles. The van der Waals surface area contributed by atoms with E-state index in [1.54, 1.807) is 6.07 Å². The van der Waals surface area contributed by atoms with Crippen molar-refractivity contribution in [2.24, 2.45) is 0 Å². The van der Waals surface area contributed by atoms with Crippen LogP contribution in [0.15, 0.2) is 48.5 Å². The van der Waals surface area contributed by atoms with Gasteiger partial charge in [-0.2, -0.15) is 0 Å². The Kier molecular flexibility index (Phi) is 4.52. The van der Waals surface area contributed by atoms with Crippen molar-refractivity contribution in [3.05, 3.63) is 65.5 Å². The topological polar surface area (TPSA) is 39.2 Å². The highest BCUT2D eigenvalue weighted by atomic mass is 16.5. The molecule has 0 aliphatic rings. The molecule has 1 atom stereocenters. The van der Waals surface area contributed by atoms with Crippen LogP contribution in [0.1, 0.15) is 30.0 Å². The van der Waals surface area contributed by atoms with Crippen molar-refractivity contribution in [1.29, 1.82) is 0 Å². The molecule has 0 amide bonds. The molecule has 1 aromatic heterocycles. The minimum absolute atomic E-state index is 0.374. The average Bonchev–Trinajstić information content (AvgIpc) is 2.44. The number of nitrogens with zero attached hydrogens (tertiary/aromatic N) is 1. The number of carbonyl (C=O) groups excluding carboxylic acids is 1. The van der Waals surface area contributed by atoms with Gasteiger partial charge < -0.3 is 4.74 Å². The van der Waals surface area contributed by atoms with E-state index in [2.05, 4.69) is 16.8 Å². The van der Waals surface area contributed by atoms with Crippen molar-refractivity contribution in [2.45, 2.75) is 20.0 Å². The number of aryl methyl sites for hydroxylation is 1. The Hall–Kier alpha value is -2.60. The summed E-state index contributed by atoms with van der Waals surface area (Å²) < 4.78 is 5.24. The van der Waals surface area contributed by atoms with E-state index in [0.717, 1.165) is 11.3 Å². The van der Waals surface area contributed by atoms with Gasteiger partial charge in [-0.05, 0) is 37.1 Å². The lowest BCUT2D eigenvalue weighted by Gasteiger charge is -2.10. The maximum absolute atomic E-state index is 11.2. The predicted molar refractivity (Wildman–Crippen MR) is 76.8 cm³/mol. The second-order valence-electron chi connectivity index (χ2n) is 4.33. The van der Waals surface area contributed by atoms with Gasteiger partial charge >= 0.3 is 5.97 Å². The minimum atomic E-state index is -0.646. The predicted octanol–water partition coefficient (Wildman–Crippen LogP) is 3.05. The van der Waals surface area contributed by atoms with Gasteiger partial charge in [0.15, 0.2) is 0 Å². The number of hydrogen-bond acceptors (Lipinski definition) is 3. The maximum atomic E-state index is 11.2. The van der Waals surface area contributed by atoms with Crippen LogP contribution in [0.25, 0.3) is 0 Å². The van der Waals surface area contributed by atoms with Crippen LogP contribution in [0.3, 0.4) is 0 Å². The van der Waals surface area contributed by atoms with Gasteiger partial charge in [-0.15, -0.1) is 0 Å². The summed E-state index contributed by atoms with van der Waals surface area (Å²) in [6.07, 6.45) is -0.646. The lowest BCUT2D eigenvalue weighted by Crippen LogP contribution is -2.08. The van der Waals surface area contributed by atoms with Gasteiger partial charge in [0.25, 0.3) is 0 Å². The van der Waals surface area contributed by atoms with Gasteiger partial charge in [0.2, 0.25) is 6.10 Å². The molecule has 2 rings (SSSR count). The second kappa shape index (κ2) is 6.53. The highest BCUT2D eigenvalue weighted by molar-refractivity contribution is 5.66. The van der Waals surface area contributed by atoms with Crippen molar-refractivity contribution in [1.82, 2.24) is 4.98 Å². The highest BCUT2D eigenvalue weighted by Gasteiger charge is 2.13. The molecule has 0 radical (unpaired) electrons. The zero-order chi connectivity index (χ0) is 14.4. The van der Waals surface area contributed by atoms with Crippen LogP contribution in [-0.4, -0.2) is 11.0 Å². The lowest BCUT2D eigenvalue weighted by atomic mass is 10.2. The SMILES string of the molecule is CC(=O)OC(C#Cc1ccccc1)c1cccc(C)n1. The molecule has 0 fully saturated rings. The third-order valence-corrected chi connectivity index (χ3v) is 2.58. The fraction of sp³-hybridized carbons (Fsp3) is 0.176. The van der Waals surface area contributed by atoms with Gasteiger partial charge in [-0.1, -0.05) is 30.2 Å². The molecule has 100 valence electrons. The van der Waals surface area contributed by atoms with E-state index in [1.807, 2.05) is 49.4 Å². The van der Waals surface area contributed by atoms with Gasteiger partial charge in [0.05, 0.1) is 5.69 Å². The summed E-state index contributed by atoms with van der Waals surface area (Å²) in [5, 5.41) is 0. The van der Waals surface area contributed by atoms with Crippen molar-refractivity contribution in [3.63, 3.8) is 0 Å². The molecule has 0 spiro atoms. The van der Waals surface area contributed by atoms with Crippen molar-refractivity contribution in [3.8, 4) is 11.8 Å². The van der Waals surface area contributed by atoms with E-state index in [4.69, 9.17) is 4.74 Å². The summed E-state index contributed by atoms with van der Waals surface area (Å²) in [6, 6.07) is 15.1. The van der Waals surface area contributed by atoms with Gasteiger partial charge in [0.1, 0.15) is 0 Å². The zero-order valence-electron chi connectivity index (χ0n) is 11.5. The van der Waals surface area contributed by atoms with Crippen LogP contribution in [0.5, 0.6) is 0 Å². The smallest absolute Gasteiger partial charge is 0.304 e. The van der Waals surface area contributed by atoms with E-state index in [0.29, 0.717) is 5.69 Å². The lowest BCUT2D eigenvalue weighted by molar-refractivity contribution is -0.144. The molecule has 3 heteroatoms. The molecular weight excluding hydrogens is 250 g/mol. The van der Waals surface area contributed by atoms with Crippen molar-refractivity contribution >= 4 is 5.97 Å². The molecule has 20 heavy (non-hydrogen) atoms. The number of ether oxygens (including phenoxy) is 1. The normalized spacial score (nSPS) is 11.1.